The van der Waals surface area contributed by atoms with Gasteiger partial charge in [0, 0.05) is 30.0 Å². The van der Waals surface area contributed by atoms with Gasteiger partial charge in [-0.2, -0.15) is 13.2 Å². The number of hydrogen-bond acceptors (Lipinski definition) is 6. The van der Waals surface area contributed by atoms with Gasteiger partial charge in [0.15, 0.2) is 5.78 Å². The summed E-state index contributed by atoms with van der Waals surface area (Å²) in [7, 11) is 0. The number of aliphatic imine (C=N–C) groups is 1. The van der Waals surface area contributed by atoms with E-state index in [0.29, 0.717) is 11.6 Å². The van der Waals surface area contributed by atoms with Gasteiger partial charge < -0.3 is 16.8 Å². The summed E-state index contributed by atoms with van der Waals surface area (Å²) < 4.78 is 82.1. The standard InChI is InChI=1S/C30H25F6N5O3/c31-17-9-15(10-18(32)13-17)11-23(27-19(3-2-8-39-27)16-6-7-21(33)20(12-16)29(38)44)41-25(43)14-40-22-4-1-5-24(42)26(22)28(37)30(34,35)36/h2-3,6-10,12-13,23H,1,4-5,11,14,37H2,(H2,38,44)(H,41,43)/t23-/m0/s1. The van der Waals surface area contributed by atoms with E-state index in [0.717, 1.165) is 18.2 Å². The van der Waals surface area contributed by atoms with Crippen molar-refractivity contribution in [2.45, 2.75) is 37.9 Å². The molecule has 0 unspecified atom stereocenters. The number of ketones is 1. The highest BCUT2D eigenvalue weighted by atomic mass is 19.4. The minimum Gasteiger partial charge on any atom is -0.394 e. The molecule has 3 aromatic rings. The number of nitrogens with two attached hydrogens (primary N) is 2. The normalized spacial score (nSPS) is 16.5. The van der Waals surface area contributed by atoms with Crippen LogP contribution in [0.1, 0.15) is 46.9 Å². The van der Waals surface area contributed by atoms with Crippen LogP contribution in [0.25, 0.3) is 11.1 Å². The van der Waals surface area contributed by atoms with Gasteiger partial charge in [-0.05, 0) is 60.7 Å². The Morgan fingerprint density at radius 1 is 1.00 bits per heavy atom. The molecule has 2 aromatic carbocycles. The molecular formula is C30H25F6N5O3. The molecule has 0 saturated heterocycles. The molecule has 0 spiro atoms. The number of primary amides is 1. The maximum Gasteiger partial charge on any atom is 0.431 e. The van der Waals surface area contributed by atoms with E-state index in [2.05, 4.69) is 15.3 Å². The molecule has 1 aromatic heterocycles. The smallest absolute Gasteiger partial charge is 0.394 e. The molecule has 5 N–H and O–H groups in total. The number of rotatable bonds is 8. The number of benzene rings is 2. The van der Waals surface area contributed by atoms with Crippen molar-refractivity contribution in [3.05, 3.63) is 100 Å². The average molecular weight is 618 g/mol. The Hall–Kier alpha value is -5.01. The zero-order chi connectivity index (χ0) is 32.2. The number of carbonyl (C=O) groups is 3. The van der Waals surface area contributed by atoms with E-state index in [1.807, 2.05) is 0 Å². The van der Waals surface area contributed by atoms with Crippen LogP contribution >= 0.6 is 0 Å². The molecule has 1 atom stereocenters. The highest BCUT2D eigenvalue weighted by Crippen LogP contribution is 2.31. The van der Waals surface area contributed by atoms with Crippen molar-refractivity contribution in [3.63, 3.8) is 0 Å². The number of hydrogen-bond donors (Lipinski definition) is 3. The van der Waals surface area contributed by atoms with Crippen LogP contribution in [-0.4, -0.2) is 41.0 Å². The first kappa shape index (κ1) is 31.9. The predicted octanol–water partition coefficient (Wildman–Crippen LogP) is 4.63. The van der Waals surface area contributed by atoms with Gasteiger partial charge >= 0.3 is 6.18 Å². The average Bonchev–Trinajstić information content (AvgIpc) is 2.94. The van der Waals surface area contributed by atoms with E-state index < -0.39 is 70.6 Å². The quantitative estimate of drug-likeness (QED) is 0.250. The number of nitrogens with one attached hydrogen (secondary N) is 1. The third-order valence-electron chi connectivity index (χ3n) is 6.78. The van der Waals surface area contributed by atoms with Gasteiger partial charge in [0.1, 0.15) is 29.7 Å². The number of allylic oxidation sites excluding steroid dienone is 2. The summed E-state index contributed by atoms with van der Waals surface area (Å²) in [4.78, 5) is 45.4. The number of halogens is 6. The monoisotopic (exact) mass is 617 g/mol. The largest absolute Gasteiger partial charge is 0.431 e. The van der Waals surface area contributed by atoms with E-state index in [1.165, 1.54) is 24.4 Å². The second-order valence-corrected chi connectivity index (χ2v) is 9.92. The van der Waals surface area contributed by atoms with Gasteiger partial charge in [0.25, 0.3) is 5.91 Å². The van der Waals surface area contributed by atoms with Crippen LogP contribution in [0.4, 0.5) is 26.3 Å². The molecule has 1 aliphatic carbocycles. The zero-order valence-electron chi connectivity index (χ0n) is 22.9. The second kappa shape index (κ2) is 13.1. The molecule has 1 saturated carbocycles. The third kappa shape index (κ3) is 7.49. The molecule has 1 fully saturated rings. The first-order chi connectivity index (χ1) is 20.7. The maximum absolute atomic E-state index is 14.2. The van der Waals surface area contributed by atoms with Crippen LogP contribution in [0.2, 0.25) is 0 Å². The van der Waals surface area contributed by atoms with Gasteiger partial charge in [-0.15, -0.1) is 0 Å². The van der Waals surface area contributed by atoms with Crippen LogP contribution in [0, 0.1) is 17.5 Å². The number of amides is 2. The summed E-state index contributed by atoms with van der Waals surface area (Å²) in [6.07, 6.45) is -3.80. The third-order valence-corrected chi connectivity index (χ3v) is 6.78. The molecule has 1 aliphatic rings. The summed E-state index contributed by atoms with van der Waals surface area (Å²) in [6.45, 7) is -0.712. The predicted molar refractivity (Wildman–Crippen MR) is 148 cm³/mol. The molecule has 1 heterocycles. The molecule has 0 bridgehead atoms. The number of alkyl halides is 3. The van der Waals surface area contributed by atoms with E-state index >= 15 is 0 Å². The Bertz CT molecular complexity index is 1670. The van der Waals surface area contributed by atoms with Crippen molar-refractivity contribution in [3.8, 4) is 11.1 Å². The summed E-state index contributed by atoms with van der Waals surface area (Å²) in [5, 5.41) is 2.63. The Balaban J connectivity index is 1.72. The number of carbonyl (C=O) groups excluding carboxylic acids is 3. The lowest BCUT2D eigenvalue weighted by Gasteiger charge is -2.22. The highest BCUT2D eigenvalue weighted by Gasteiger charge is 2.38. The number of pyridine rings is 1. The Morgan fingerprint density at radius 3 is 2.36 bits per heavy atom. The minimum absolute atomic E-state index is 0.0196. The molecule has 14 heteroatoms. The first-order valence-electron chi connectivity index (χ1n) is 13.2. The lowest BCUT2D eigenvalue weighted by Crippen LogP contribution is -2.34. The van der Waals surface area contributed by atoms with Gasteiger partial charge in [-0.1, -0.05) is 12.1 Å². The molecule has 8 nitrogen and oxygen atoms in total. The molecule has 4 rings (SSSR count). The molecular weight excluding hydrogens is 592 g/mol. The maximum atomic E-state index is 14.2. The van der Waals surface area contributed by atoms with E-state index in [4.69, 9.17) is 11.5 Å². The van der Waals surface area contributed by atoms with E-state index in [-0.39, 0.29) is 48.2 Å². The van der Waals surface area contributed by atoms with Gasteiger partial charge in [0.2, 0.25) is 5.91 Å². The SMILES string of the molecule is NC(=O)c1cc(-c2cccnc2[C@H](Cc2cc(F)cc(F)c2)NC(=O)CN=C2CCCC(=O)C2=C(N)C(F)(F)F)ccc1F. The minimum atomic E-state index is -4.99. The van der Waals surface area contributed by atoms with Crippen LogP contribution < -0.4 is 16.8 Å². The van der Waals surface area contributed by atoms with Crippen molar-refractivity contribution < 1.29 is 40.7 Å². The summed E-state index contributed by atoms with van der Waals surface area (Å²) >= 11 is 0. The number of Topliss-reactive ketones (excluding diaryl/α,β-unsaturated/α-hetero) is 1. The molecule has 0 radical (unpaired) electrons. The van der Waals surface area contributed by atoms with Crippen molar-refractivity contribution in [2.24, 2.45) is 16.5 Å². The Labute approximate surface area is 246 Å². The molecule has 0 aliphatic heterocycles. The van der Waals surface area contributed by atoms with Crippen LogP contribution in [0.5, 0.6) is 0 Å². The zero-order valence-corrected chi connectivity index (χ0v) is 22.9. The summed E-state index contributed by atoms with van der Waals surface area (Å²) in [5.41, 5.74) is 8.31. The van der Waals surface area contributed by atoms with Gasteiger partial charge in [0.05, 0.1) is 22.9 Å². The topological polar surface area (TPSA) is 141 Å². The lowest BCUT2D eigenvalue weighted by molar-refractivity contribution is -0.120. The fourth-order valence-corrected chi connectivity index (χ4v) is 4.84. The Morgan fingerprint density at radius 2 is 1.70 bits per heavy atom. The van der Waals surface area contributed by atoms with Crippen LogP contribution in [0.3, 0.4) is 0 Å². The fraction of sp³-hybridized carbons (Fsp3) is 0.233. The van der Waals surface area contributed by atoms with Crippen LogP contribution in [-0.2, 0) is 16.0 Å². The second-order valence-electron chi connectivity index (χ2n) is 9.92. The summed E-state index contributed by atoms with van der Waals surface area (Å²) in [5.74, 6) is -5.34. The number of nitrogens with zero attached hydrogens (tertiary/aromatic N) is 2. The van der Waals surface area contributed by atoms with Crippen molar-refractivity contribution in [1.82, 2.24) is 10.3 Å². The van der Waals surface area contributed by atoms with E-state index in [1.54, 1.807) is 6.07 Å². The van der Waals surface area contributed by atoms with Crippen molar-refractivity contribution in [2.75, 3.05) is 6.54 Å². The number of aromatic nitrogens is 1. The first-order valence-corrected chi connectivity index (χ1v) is 13.2. The molecule has 44 heavy (non-hydrogen) atoms. The fourth-order valence-electron chi connectivity index (χ4n) is 4.84. The Kier molecular flexibility index (Phi) is 9.50. The summed E-state index contributed by atoms with van der Waals surface area (Å²) in [6, 6.07) is 8.25. The van der Waals surface area contributed by atoms with Gasteiger partial charge in [-0.25, -0.2) is 13.2 Å². The van der Waals surface area contributed by atoms with Crippen LogP contribution in [0.15, 0.2) is 71.0 Å². The molecule has 230 valence electrons. The van der Waals surface area contributed by atoms with Crippen molar-refractivity contribution >= 4 is 23.3 Å². The highest BCUT2D eigenvalue weighted by molar-refractivity contribution is 6.24. The van der Waals surface area contributed by atoms with Crippen molar-refractivity contribution in [1.29, 1.82) is 0 Å². The van der Waals surface area contributed by atoms with E-state index in [9.17, 15) is 40.7 Å². The lowest BCUT2D eigenvalue weighted by atomic mass is 9.89. The van der Waals surface area contributed by atoms with Gasteiger partial charge in [-0.3, -0.25) is 24.4 Å². The molecule has 2 amide bonds.